The van der Waals surface area contributed by atoms with Crippen molar-refractivity contribution in [1.29, 1.82) is 0 Å². The molecule has 4 aromatic carbocycles. The zero-order valence-corrected chi connectivity index (χ0v) is 28.4. The normalized spacial score (nSPS) is 10.9. The maximum Gasteiger partial charge on any atom is 0.151 e. The first-order valence-electron chi connectivity index (χ1n) is 9.95. The van der Waals surface area contributed by atoms with Crippen LogP contribution in [-0.2, 0) is 0 Å². The van der Waals surface area contributed by atoms with Crippen LogP contribution in [0.1, 0.15) is 5.56 Å². The number of benzene rings is 4. The van der Waals surface area contributed by atoms with E-state index in [9.17, 15) is 5.11 Å². The van der Waals surface area contributed by atoms with Gasteiger partial charge in [0, 0.05) is 17.9 Å². The molecular weight excluding hydrogens is 995 g/mol. The molecule has 4 aromatic rings. The van der Waals surface area contributed by atoms with E-state index in [-0.39, 0.29) is 5.75 Å². The van der Waals surface area contributed by atoms with Gasteiger partial charge in [0.1, 0.15) is 5.75 Å². The van der Waals surface area contributed by atoms with Crippen molar-refractivity contribution in [3.05, 3.63) is 90.1 Å². The summed E-state index contributed by atoms with van der Waals surface area (Å²) in [7, 11) is 0. The van der Waals surface area contributed by atoms with E-state index in [1.165, 1.54) is 21.8 Å². The number of hydrogen-bond acceptors (Lipinski definition) is 4. The van der Waals surface area contributed by atoms with Gasteiger partial charge < -0.3 is 9.94 Å². The second-order valence-corrected chi connectivity index (χ2v) is 13.2. The van der Waals surface area contributed by atoms with E-state index in [1.807, 2.05) is 24.3 Å². The van der Waals surface area contributed by atoms with E-state index in [4.69, 9.17) is 4.84 Å². The van der Waals surface area contributed by atoms with Gasteiger partial charge in [-0.25, -0.2) is 0 Å². The van der Waals surface area contributed by atoms with E-state index in [2.05, 4.69) is 161 Å². The fourth-order valence-electron chi connectivity index (χ4n) is 3.25. The van der Waals surface area contributed by atoms with Crippen molar-refractivity contribution < 1.29 is 9.94 Å². The van der Waals surface area contributed by atoms with Gasteiger partial charge in [-0.2, -0.15) is 0 Å². The average molecular weight is 1010 g/mol. The predicted octanol–water partition coefficient (Wildman–Crippen LogP) is 8.97. The molecule has 0 atom stereocenters. The molecule has 3 N–H and O–H groups in total. The van der Waals surface area contributed by atoms with Crippen molar-refractivity contribution in [1.82, 2.24) is 5.59 Å². The Labute approximate surface area is 266 Å². The van der Waals surface area contributed by atoms with Gasteiger partial charge in [-0.15, -0.1) is 0 Å². The summed E-state index contributed by atoms with van der Waals surface area (Å²) in [5.74, 6) is 1.04. The maximum atomic E-state index is 9.55. The molecule has 0 amide bonds. The number of phenolic OH excluding ortho intramolecular Hbond substituents is 1. The van der Waals surface area contributed by atoms with Crippen LogP contribution in [0.15, 0.2) is 66.7 Å². The summed E-state index contributed by atoms with van der Waals surface area (Å²) >= 11 is 11.7. The van der Waals surface area contributed by atoms with Gasteiger partial charge in [0.05, 0.1) is 5.69 Å². The van der Waals surface area contributed by atoms with E-state index in [1.54, 1.807) is 12.1 Å². The Hall–Kier alpha value is -0.110. The molecule has 0 aliphatic rings. The molecule has 0 fully saturated rings. The summed E-state index contributed by atoms with van der Waals surface area (Å²) in [6.07, 6.45) is 0. The molecule has 0 spiro atoms. The predicted molar refractivity (Wildman–Crippen MR) is 181 cm³/mol. The van der Waals surface area contributed by atoms with Crippen molar-refractivity contribution in [2.75, 3.05) is 5.43 Å². The quantitative estimate of drug-likeness (QED) is 0.134. The van der Waals surface area contributed by atoms with Crippen LogP contribution in [0.4, 0.5) is 5.69 Å². The molecule has 0 bridgehead atoms. The number of halogens is 5. The first-order chi connectivity index (χ1) is 16.2. The first-order valence-corrected chi connectivity index (χ1v) is 15.3. The van der Waals surface area contributed by atoms with Crippen LogP contribution < -0.4 is 15.9 Å². The van der Waals surface area contributed by atoms with Crippen molar-refractivity contribution in [2.45, 2.75) is 6.92 Å². The van der Waals surface area contributed by atoms with Gasteiger partial charge in [0.2, 0.25) is 0 Å². The van der Waals surface area contributed by atoms with Gasteiger partial charge in [-0.1, -0.05) is 29.9 Å². The summed E-state index contributed by atoms with van der Waals surface area (Å²) in [5.41, 5.74) is 12.8. The Bertz CT molecular complexity index is 1310. The molecule has 0 aliphatic heterocycles. The molecule has 0 radical (unpaired) electrons. The number of nitrogens with one attached hydrogen (secondary N) is 2. The summed E-state index contributed by atoms with van der Waals surface area (Å²) in [4.78, 5) is 5.74. The summed E-state index contributed by atoms with van der Waals surface area (Å²) < 4.78 is 5.67. The monoisotopic (exact) mass is 1010 g/mol. The number of rotatable bonds is 6. The van der Waals surface area contributed by atoms with Crippen LogP contribution in [0.25, 0.3) is 22.3 Å². The average Bonchev–Trinajstić information content (AvgIpc) is 2.79. The van der Waals surface area contributed by atoms with Gasteiger partial charge in [0.15, 0.2) is 5.75 Å². The highest BCUT2D eigenvalue weighted by Crippen LogP contribution is 2.35. The molecule has 34 heavy (non-hydrogen) atoms. The Morgan fingerprint density at radius 3 is 1.79 bits per heavy atom. The molecule has 0 aromatic heterocycles. The maximum absolute atomic E-state index is 9.55. The number of hydrogen-bond donors (Lipinski definition) is 3. The second-order valence-electron chi connectivity index (χ2n) is 7.40. The number of hydrazine groups is 1. The number of aromatic hydroxyl groups is 1. The minimum Gasteiger partial charge on any atom is -0.508 e. The lowest BCUT2D eigenvalue weighted by atomic mass is 10.00. The lowest BCUT2D eigenvalue weighted by molar-refractivity contribution is 0.221. The molecule has 174 valence electrons. The van der Waals surface area contributed by atoms with Crippen LogP contribution in [0.3, 0.4) is 0 Å². The third-order valence-electron chi connectivity index (χ3n) is 5.12. The van der Waals surface area contributed by atoms with E-state index in [0.29, 0.717) is 0 Å². The van der Waals surface area contributed by atoms with E-state index >= 15 is 0 Å². The minimum absolute atomic E-state index is 0.274. The Kier molecular flexibility index (Phi) is 9.47. The van der Waals surface area contributed by atoms with Gasteiger partial charge in [0.25, 0.3) is 0 Å². The zero-order chi connectivity index (χ0) is 24.4. The fraction of sp³-hybridized carbons (Fsp3) is 0.0400. The van der Waals surface area contributed by atoms with E-state index < -0.39 is 0 Å². The highest BCUT2D eigenvalue weighted by atomic mass is 127. The molecule has 0 heterocycles. The number of phenols is 1. The van der Waals surface area contributed by atoms with Gasteiger partial charge in [-0.3, -0.25) is 5.43 Å². The molecule has 0 saturated heterocycles. The third kappa shape index (κ3) is 6.41. The van der Waals surface area contributed by atoms with Crippen molar-refractivity contribution in [3.63, 3.8) is 0 Å². The van der Waals surface area contributed by atoms with Gasteiger partial charge in [-0.05, 0) is 190 Å². The topological polar surface area (TPSA) is 53.5 Å². The number of anilines is 1. The Balaban J connectivity index is 1.51. The van der Waals surface area contributed by atoms with E-state index in [0.717, 1.165) is 35.3 Å². The van der Waals surface area contributed by atoms with Crippen LogP contribution in [0.5, 0.6) is 11.5 Å². The first kappa shape index (κ1) is 26.9. The molecule has 4 rings (SSSR count). The zero-order valence-electron chi connectivity index (χ0n) is 17.6. The molecule has 9 heteroatoms. The van der Waals surface area contributed by atoms with Crippen LogP contribution in [-0.4, -0.2) is 5.11 Å². The standard InChI is InChI=1S/C25H17I5N2O2/c1-13-20(26)11-18(12-21(13)27)34-32-31-25-23(29)9-16(10-24(25)30)19-7-4-15(8-22(19)28)14-2-5-17(33)6-3-14/h2-12,31-33H,1H3. The molecular formula is C25H17I5N2O2. The lowest BCUT2D eigenvalue weighted by Crippen LogP contribution is -2.26. The van der Waals surface area contributed by atoms with Crippen molar-refractivity contribution >= 4 is 119 Å². The molecule has 0 saturated carbocycles. The minimum atomic E-state index is 0.274. The lowest BCUT2D eigenvalue weighted by Gasteiger charge is -2.16. The van der Waals surface area contributed by atoms with Crippen LogP contribution in [0.2, 0.25) is 0 Å². The highest BCUT2D eigenvalue weighted by Gasteiger charge is 2.12. The van der Waals surface area contributed by atoms with Crippen LogP contribution >= 0.6 is 113 Å². The van der Waals surface area contributed by atoms with Crippen molar-refractivity contribution in [2.24, 2.45) is 0 Å². The molecule has 4 nitrogen and oxygen atoms in total. The van der Waals surface area contributed by atoms with Crippen molar-refractivity contribution in [3.8, 4) is 33.8 Å². The second kappa shape index (κ2) is 12.0. The SMILES string of the molecule is Cc1c(I)cc(ONNc2c(I)cc(-c3ccc(-c4ccc(O)cc4)cc3I)cc2I)cc1I. The summed E-state index contributed by atoms with van der Waals surface area (Å²) in [6, 6.07) is 22.1. The smallest absolute Gasteiger partial charge is 0.151 e. The molecule has 0 unspecified atom stereocenters. The highest BCUT2D eigenvalue weighted by molar-refractivity contribution is 14.1. The van der Waals surface area contributed by atoms with Crippen LogP contribution in [0, 0.1) is 24.8 Å². The third-order valence-corrected chi connectivity index (χ3v) is 9.96. The largest absolute Gasteiger partial charge is 0.508 e. The Morgan fingerprint density at radius 2 is 1.21 bits per heavy atom. The summed E-state index contributed by atoms with van der Waals surface area (Å²) in [6.45, 7) is 2.10. The van der Waals surface area contributed by atoms with Gasteiger partial charge >= 0.3 is 0 Å². The molecule has 0 aliphatic carbocycles. The summed E-state index contributed by atoms with van der Waals surface area (Å²) in [5, 5.41) is 9.55. The Morgan fingerprint density at radius 1 is 0.647 bits per heavy atom. The fourth-order valence-corrected chi connectivity index (χ4v) is 7.82.